The fraction of sp³-hybridized carbons (Fsp3) is 0.222. The van der Waals surface area contributed by atoms with Gasteiger partial charge in [-0.05, 0) is 0 Å². The van der Waals surface area contributed by atoms with E-state index in [0.717, 1.165) is 30.0 Å². The van der Waals surface area contributed by atoms with E-state index in [1.54, 1.807) is 12.4 Å². The van der Waals surface area contributed by atoms with E-state index < -0.39 is 0 Å². The number of rotatable bonds is 1. The number of nitrogens with two attached hydrogens (primary N) is 1. The molecule has 0 fully saturated rings. The van der Waals surface area contributed by atoms with E-state index >= 15 is 0 Å². The van der Waals surface area contributed by atoms with Gasteiger partial charge in [-0.15, -0.1) is 0 Å². The summed E-state index contributed by atoms with van der Waals surface area (Å²) in [5.41, 5.74) is 8.44. The van der Waals surface area contributed by atoms with Gasteiger partial charge in [-0.2, -0.15) is 14.9 Å². The largest absolute Gasteiger partial charge is 0.397 e. The summed E-state index contributed by atoms with van der Waals surface area (Å²) >= 11 is 0. The van der Waals surface area contributed by atoms with Crippen molar-refractivity contribution in [2.45, 2.75) is 6.54 Å². The first-order chi connectivity index (χ1) is 7.36. The van der Waals surface area contributed by atoms with Gasteiger partial charge in [0.15, 0.2) is 0 Å². The summed E-state index contributed by atoms with van der Waals surface area (Å²) in [6, 6.07) is 0. The van der Waals surface area contributed by atoms with E-state index in [-0.39, 0.29) is 0 Å². The second-order valence-electron chi connectivity index (χ2n) is 3.47. The average molecular weight is 203 g/mol. The third-order valence-electron chi connectivity index (χ3n) is 2.57. The Labute approximate surface area is 86.1 Å². The Kier molecular flexibility index (Phi) is 1.61. The minimum absolute atomic E-state index is 0.640. The number of fused-ring (bicyclic) bond motifs is 1. The Morgan fingerprint density at radius 1 is 1.27 bits per heavy atom. The minimum Gasteiger partial charge on any atom is -0.397 e. The van der Waals surface area contributed by atoms with Gasteiger partial charge in [-0.1, -0.05) is 0 Å². The summed E-state index contributed by atoms with van der Waals surface area (Å²) in [6.45, 7) is 1.89. The maximum absolute atomic E-state index is 5.85. The highest BCUT2D eigenvalue weighted by Crippen LogP contribution is 2.29. The van der Waals surface area contributed by atoms with Crippen LogP contribution in [0.25, 0.3) is 11.1 Å². The van der Waals surface area contributed by atoms with Gasteiger partial charge in [0, 0.05) is 5.56 Å². The standard InChI is InChI=1S/C9H10N6/c10-8-5-13-12-3-6(8)7-4-14-15-2-1-11-9(7)15/h3-5H,1-2H2,(H3,10,11,12,13,14)/p+1. The summed E-state index contributed by atoms with van der Waals surface area (Å²) < 4.78 is 2.05. The summed E-state index contributed by atoms with van der Waals surface area (Å²) in [6.07, 6.45) is 5.17. The lowest BCUT2D eigenvalue weighted by Crippen LogP contribution is -2.32. The van der Waals surface area contributed by atoms with Gasteiger partial charge in [0.05, 0.1) is 29.8 Å². The Hall–Kier alpha value is -2.11. The summed E-state index contributed by atoms with van der Waals surface area (Å²) in [5.74, 6) is 1.06. The molecule has 0 radical (unpaired) electrons. The number of hydrogen-bond donors (Lipinski definition) is 3. The molecule has 1 aliphatic rings. The highest BCUT2D eigenvalue weighted by Gasteiger charge is 2.25. The second-order valence-corrected chi connectivity index (χ2v) is 3.47. The number of nitrogen functional groups attached to an aromatic ring is 1. The first-order valence-electron chi connectivity index (χ1n) is 4.78. The van der Waals surface area contributed by atoms with Gasteiger partial charge in [-0.3, -0.25) is 5.32 Å². The molecular weight excluding hydrogens is 192 g/mol. The SMILES string of the molecule is Nc1cnncc1-c1c[nH][n+]2c1NCC2. The zero-order valence-electron chi connectivity index (χ0n) is 8.07. The Morgan fingerprint density at radius 2 is 2.13 bits per heavy atom. The van der Waals surface area contributed by atoms with E-state index in [2.05, 4.69) is 25.3 Å². The molecule has 4 N–H and O–H groups in total. The Morgan fingerprint density at radius 3 is 3.00 bits per heavy atom. The van der Waals surface area contributed by atoms with Crippen molar-refractivity contribution in [3.8, 4) is 11.1 Å². The maximum Gasteiger partial charge on any atom is 0.303 e. The first kappa shape index (κ1) is 8.22. The van der Waals surface area contributed by atoms with Crippen LogP contribution >= 0.6 is 0 Å². The molecule has 0 unspecified atom stereocenters. The predicted molar refractivity (Wildman–Crippen MR) is 54.9 cm³/mol. The quantitative estimate of drug-likeness (QED) is 0.559. The van der Waals surface area contributed by atoms with Crippen LogP contribution < -0.4 is 15.7 Å². The fourth-order valence-corrected chi connectivity index (χ4v) is 1.83. The molecule has 6 nitrogen and oxygen atoms in total. The number of hydrogen-bond acceptors (Lipinski definition) is 4. The molecule has 1 aliphatic heterocycles. The van der Waals surface area contributed by atoms with Crippen LogP contribution in [-0.4, -0.2) is 21.8 Å². The molecule has 0 bridgehead atoms. The number of nitrogens with zero attached hydrogens (tertiary/aromatic N) is 3. The molecule has 0 saturated carbocycles. The Balaban J connectivity index is 2.17. The second kappa shape index (κ2) is 2.94. The molecule has 0 spiro atoms. The average Bonchev–Trinajstić information content (AvgIpc) is 2.80. The molecule has 0 aliphatic carbocycles. The molecule has 0 saturated heterocycles. The number of anilines is 2. The zero-order valence-corrected chi connectivity index (χ0v) is 8.07. The molecule has 76 valence electrons. The van der Waals surface area contributed by atoms with Crippen molar-refractivity contribution in [2.24, 2.45) is 0 Å². The van der Waals surface area contributed by atoms with E-state index in [4.69, 9.17) is 5.73 Å². The molecule has 3 heterocycles. The molecule has 0 amide bonds. The zero-order chi connectivity index (χ0) is 10.3. The lowest BCUT2D eigenvalue weighted by atomic mass is 10.1. The fourth-order valence-electron chi connectivity index (χ4n) is 1.83. The van der Waals surface area contributed by atoms with Gasteiger partial charge in [0.2, 0.25) is 0 Å². The smallest absolute Gasteiger partial charge is 0.303 e. The van der Waals surface area contributed by atoms with Crippen LogP contribution in [0.5, 0.6) is 0 Å². The topological polar surface area (TPSA) is 83.5 Å². The number of H-pyrrole nitrogens is 1. The first-order valence-corrected chi connectivity index (χ1v) is 4.78. The van der Waals surface area contributed by atoms with Crippen LogP contribution in [-0.2, 0) is 6.54 Å². The number of aromatic amines is 1. The van der Waals surface area contributed by atoms with Crippen molar-refractivity contribution in [3.05, 3.63) is 18.6 Å². The molecular formula is C9H11N6+. The van der Waals surface area contributed by atoms with Crippen LogP contribution in [0.3, 0.4) is 0 Å². The molecule has 0 aromatic carbocycles. The molecule has 0 atom stereocenters. The lowest BCUT2D eigenvalue weighted by Gasteiger charge is -1.99. The normalized spacial score (nSPS) is 13.6. The van der Waals surface area contributed by atoms with E-state index in [1.165, 1.54) is 0 Å². The van der Waals surface area contributed by atoms with Crippen molar-refractivity contribution in [1.29, 1.82) is 0 Å². The molecule has 2 aromatic rings. The van der Waals surface area contributed by atoms with Crippen molar-refractivity contribution >= 4 is 11.5 Å². The molecule has 15 heavy (non-hydrogen) atoms. The highest BCUT2D eigenvalue weighted by atomic mass is 15.4. The van der Waals surface area contributed by atoms with E-state index in [1.807, 2.05) is 6.20 Å². The van der Waals surface area contributed by atoms with Gasteiger partial charge in [-0.25, -0.2) is 5.10 Å². The third kappa shape index (κ3) is 1.14. The molecule has 3 rings (SSSR count). The van der Waals surface area contributed by atoms with Crippen LogP contribution in [0.15, 0.2) is 18.6 Å². The van der Waals surface area contributed by atoms with Crippen LogP contribution in [0, 0.1) is 0 Å². The summed E-state index contributed by atoms with van der Waals surface area (Å²) in [5, 5.41) is 14.0. The third-order valence-corrected chi connectivity index (χ3v) is 2.57. The highest BCUT2D eigenvalue weighted by molar-refractivity contribution is 5.80. The summed E-state index contributed by atoms with van der Waals surface area (Å²) in [7, 11) is 0. The van der Waals surface area contributed by atoms with E-state index in [0.29, 0.717) is 5.69 Å². The van der Waals surface area contributed by atoms with Crippen molar-refractivity contribution in [2.75, 3.05) is 17.6 Å². The van der Waals surface area contributed by atoms with E-state index in [9.17, 15) is 0 Å². The predicted octanol–water partition coefficient (Wildman–Crippen LogP) is -0.233. The van der Waals surface area contributed by atoms with Gasteiger partial charge in [0.1, 0.15) is 13.1 Å². The molecule has 2 aromatic heterocycles. The van der Waals surface area contributed by atoms with Crippen molar-refractivity contribution in [1.82, 2.24) is 15.3 Å². The lowest BCUT2D eigenvalue weighted by molar-refractivity contribution is -0.725. The van der Waals surface area contributed by atoms with Crippen LogP contribution in [0.1, 0.15) is 0 Å². The van der Waals surface area contributed by atoms with Gasteiger partial charge < -0.3 is 5.73 Å². The van der Waals surface area contributed by atoms with Crippen LogP contribution in [0.4, 0.5) is 11.5 Å². The van der Waals surface area contributed by atoms with Gasteiger partial charge in [0.25, 0.3) is 0 Å². The van der Waals surface area contributed by atoms with Crippen LogP contribution in [0.2, 0.25) is 0 Å². The van der Waals surface area contributed by atoms with Gasteiger partial charge >= 0.3 is 5.82 Å². The Bertz CT molecular complexity index is 503. The number of aromatic nitrogens is 4. The summed E-state index contributed by atoms with van der Waals surface area (Å²) in [4.78, 5) is 0. The monoisotopic (exact) mass is 203 g/mol. The van der Waals surface area contributed by atoms with Crippen molar-refractivity contribution < 1.29 is 4.68 Å². The maximum atomic E-state index is 5.85. The van der Waals surface area contributed by atoms with Crippen molar-refractivity contribution in [3.63, 3.8) is 0 Å². The molecule has 6 heteroatoms. The number of nitrogens with one attached hydrogen (secondary N) is 2. The minimum atomic E-state index is 0.640.